The Labute approximate surface area is 192 Å². The summed E-state index contributed by atoms with van der Waals surface area (Å²) < 4.78 is 12.2. The van der Waals surface area contributed by atoms with Crippen LogP contribution in [0.4, 0.5) is 0 Å². The number of aryl methyl sites for hydroxylation is 1. The minimum Gasteiger partial charge on any atom is -0.455 e. The topological polar surface area (TPSA) is 52.6 Å². The second-order valence-corrected chi connectivity index (χ2v) is 9.88. The van der Waals surface area contributed by atoms with Gasteiger partial charge in [0, 0.05) is 0 Å². The van der Waals surface area contributed by atoms with Gasteiger partial charge in [0.25, 0.3) is 0 Å². The molecule has 0 spiro atoms. The lowest BCUT2D eigenvalue weighted by Crippen LogP contribution is -2.46. The summed E-state index contributed by atoms with van der Waals surface area (Å²) in [6, 6.07) is 7.50. The number of ether oxygens (including phenoxy) is 2. The molecule has 0 aromatic heterocycles. The number of hydrogen-bond acceptors (Lipinski definition) is 4. The standard InChI is InChI=1S/C28H36O4/c1-5-9-21(17(3)6-2)27(29)31-25-15-23-19-12-13-20(14-19)24(23)16-26(25)32-28(30)22-11-8-7-10-18(22)4/h5,7-11,19-20,23-26H,6,12-16H2,1-4H3/b9-5-,21-17+. The maximum atomic E-state index is 13.1. The van der Waals surface area contributed by atoms with Crippen LogP contribution in [-0.4, -0.2) is 24.1 Å². The van der Waals surface area contributed by atoms with E-state index in [2.05, 4.69) is 0 Å². The monoisotopic (exact) mass is 436 g/mol. The minimum absolute atomic E-state index is 0.300. The molecule has 0 saturated heterocycles. The number of carbonyl (C=O) groups excluding carboxylic acids is 2. The Hall–Kier alpha value is -2.36. The SMILES string of the molecule is C/C=C\C(C(=O)OC1CC2C3CCC(C3)C2CC1OC(=O)c1ccccc1C)=C(\C)CC. The summed E-state index contributed by atoms with van der Waals surface area (Å²) in [5.41, 5.74) is 3.12. The Morgan fingerprint density at radius 3 is 2.22 bits per heavy atom. The molecule has 4 rings (SSSR count). The highest BCUT2D eigenvalue weighted by molar-refractivity contribution is 5.93. The average molecular weight is 437 g/mol. The average Bonchev–Trinajstić information content (AvgIpc) is 3.39. The summed E-state index contributed by atoms with van der Waals surface area (Å²) in [7, 11) is 0. The molecule has 3 saturated carbocycles. The van der Waals surface area contributed by atoms with Crippen molar-refractivity contribution < 1.29 is 19.1 Å². The van der Waals surface area contributed by atoms with Gasteiger partial charge in [-0.1, -0.05) is 42.8 Å². The summed E-state index contributed by atoms with van der Waals surface area (Å²) in [6.45, 7) is 7.84. The molecule has 1 aromatic carbocycles. The molecule has 32 heavy (non-hydrogen) atoms. The van der Waals surface area contributed by atoms with E-state index >= 15 is 0 Å². The lowest BCUT2D eigenvalue weighted by molar-refractivity contribution is -0.158. The Morgan fingerprint density at radius 1 is 1.00 bits per heavy atom. The van der Waals surface area contributed by atoms with Crippen molar-refractivity contribution in [1.29, 1.82) is 0 Å². The van der Waals surface area contributed by atoms with Crippen LogP contribution < -0.4 is 0 Å². The molecule has 6 unspecified atom stereocenters. The number of carbonyl (C=O) groups is 2. The molecular formula is C28H36O4. The fourth-order valence-electron chi connectivity index (χ4n) is 6.30. The van der Waals surface area contributed by atoms with E-state index in [-0.39, 0.29) is 24.1 Å². The van der Waals surface area contributed by atoms with Gasteiger partial charge in [-0.15, -0.1) is 0 Å². The number of allylic oxidation sites excluding steroid dienone is 2. The second kappa shape index (κ2) is 9.64. The van der Waals surface area contributed by atoms with Crippen molar-refractivity contribution in [1.82, 2.24) is 0 Å². The third-order valence-corrected chi connectivity index (χ3v) is 8.12. The van der Waals surface area contributed by atoms with Crippen LogP contribution in [0.5, 0.6) is 0 Å². The number of fused-ring (bicyclic) bond motifs is 5. The summed E-state index contributed by atoms with van der Waals surface area (Å²) in [5.74, 6) is 2.03. The van der Waals surface area contributed by atoms with Gasteiger partial charge in [0.05, 0.1) is 11.1 Å². The third kappa shape index (κ3) is 4.42. The zero-order valence-corrected chi connectivity index (χ0v) is 19.8. The van der Waals surface area contributed by atoms with Crippen LogP contribution in [0.15, 0.2) is 47.6 Å². The largest absolute Gasteiger partial charge is 0.455 e. The summed E-state index contributed by atoms with van der Waals surface area (Å²) in [6.07, 6.45) is 9.19. The Bertz CT molecular complexity index is 927. The molecule has 3 aliphatic rings. The zero-order valence-electron chi connectivity index (χ0n) is 19.8. The Morgan fingerprint density at radius 2 is 1.62 bits per heavy atom. The first-order valence-corrected chi connectivity index (χ1v) is 12.2. The first-order chi connectivity index (χ1) is 15.4. The smallest absolute Gasteiger partial charge is 0.338 e. The van der Waals surface area contributed by atoms with Crippen LogP contribution in [0.1, 0.15) is 75.2 Å². The van der Waals surface area contributed by atoms with E-state index in [1.165, 1.54) is 19.3 Å². The molecule has 3 fully saturated rings. The van der Waals surface area contributed by atoms with Crippen molar-refractivity contribution >= 4 is 11.9 Å². The van der Waals surface area contributed by atoms with Gasteiger partial charge >= 0.3 is 11.9 Å². The quantitative estimate of drug-likeness (QED) is 0.303. The van der Waals surface area contributed by atoms with Crippen molar-refractivity contribution in [2.75, 3.05) is 0 Å². The van der Waals surface area contributed by atoms with E-state index < -0.39 is 0 Å². The first kappa shape index (κ1) is 22.8. The van der Waals surface area contributed by atoms with Crippen molar-refractivity contribution in [3.8, 4) is 0 Å². The van der Waals surface area contributed by atoms with Gasteiger partial charge < -0.3 is 9.47 Å². The van der Waals surface area contributed by atoms with Gasteiger partial charge in [-0.05, 0) is 94.6 Å². The van der Waals surface area contributed by atoms with E-state index in [0.717, 1.165) is 42.2 Å². The van der Waals surface area contributed by atoms with Crippen molar-refractivity contribution in [3.63, 3.8) is 0 Å². The van der Waals surface area contributed by atoms with Gasteiger partial charge in [0.1, 0.15) is 12.2 Å². The van der Waals surface area contributed by atoms with E-state index in [9.17, 15) is 9.59 Å². The molecule has 6 atom stereocenters. The first-order valence-electron chi connectivity index (χ1n) is 12.2. The van der Waals surface area contributed by atoms with Gasteiger partial charge in [0.2, 0.25) is 0 Å². The van der Waals surface area contributed by atoms with E-state index in [1.54, 1.807) is 6.07 Å². The van der Waals surface area contributed by atoms with Crippen LogP contribution >= 0.6 is 0 Å². The van der Waals surface area contributed by atoms with Crippen molar-refractivity contribution in [3.05, 3.63) is 58.7 Å². The molecular weight excluding hydrogens is 400 g/mol. The summed E-state index contributed by atoms with van der Waals surface area (Å²) >= 11 is 0. The third-order valence-electron chi connectivity index (χ3n) is 8.12. The highest BCUT2D eigenvalue weighted by Gasteiger charge is 2.53. The van der Waals surface area contributed by atoms with Gasteiger partial charge in [-0.2, -0.15) is 0 Å². The zero-order chi connectivity index (χ0) is 22.8. The Kier molecular flexibility index (Phi) is 6.88. The summed E-state index contributed by atoms with van der Waals surface area (Å²) in [4.78, 5) is 26.2. The number of rotatable bonds is 6. The molecule has 172 valence electrons. The van der Waals surface area contributed by atoms with Crippen LogP contribution in [0.2, 0.25) is 0 Å². The lowest BCUT2D eigenvalue weighted by atomic mass is 9.69. The van der Waals surface area contributed by atoms with Crippen LogP contribution in [0.25, 0.3) is 0 Å². The lowest BCUT2D eigenvalue weighted by Gasteiger charge is -2.42. The normalized spacial score (nSPS) is 31.9. The van der Waals surface area contributed by atoms with Crippen LogP contribution in [-0.2, 0) is 14.3 Å². The van der Waals surface area contributed by atoms with Crippen molar-refractivity contribution in [2.24, 2.45) is 23.7 Å². The Balaban J connectivity index is 1.56. The van der Waals surface area contributed by atoms with E-state index in [0.29, 0.717) is 23.0 Å². The predicted octanol–water partition coefficient (Wildman–Crippen LogP) is 6.19. The van der Waals surface area contributed by atoms with Crippen LogP contribution in [0, 0.1) is 30.6 Å². The van der Waals surface area contributed by atoms with Crippen LogP contribution in [0.3, 0.4) is 0 Å². The molecule has 4 heteroatoms. The molecule has 0 heterocycles. The molecule has 0 aliphatic heterocycles. The number of esters is 2. The molecule has 2 bridgehead atoms. The minimum atomic E-state index is -0.388. The molecule has 0 N–H and O–H groups in total. The maximum absolute atomic E-state index is 13.1. The second-order valence-electron chi connectivity index (χ2n) is 9.88. The van der Waals surface area contributed by atoms with Gasteiger partial charge in [0.15, 0.2) is 0 Å². The molecule has 0 amide bonds. The molecule has 3 aliphatic carbocycles. The predicted molar refractivity (Wildman–Crippen MR) is 125 cm³/mol. The number of hydrogen-bond donors (Lipinski definition) is 0. The fourth-order valence-corrected chi connectivity index (χ4v) is 6.30. The maximum Gasteiger partial charge on any atom is 0.338 e. The molecule has 1 aromatic rings. The number of benzene rings is 1. The fraction of sp³-hybridized carbons (Fsp3) is 0.571. The van der Waals surface area contributed by atoms with E-state index in [4.69, 9.17) is 9.47 Å². The summed E-state index contributed by atoms with van der Waals surface area (Å²) in [5, 5.41) is 0. The van der Waals surface area contributed by atoms with Gasteiger partial charge in [-0.25, -0.2) is 9.59 Å². The van der Waals surface area contributed by atoms with E-state index in [1.807, 2.05) is 58.0 Å². The molecule has 0 radical (unpaired) electrons. The van der Waals surface area contributed by atoms with Crippen molar-refractivity contribution in [2.45, 2.75) is 78.4 Å². The highest BCUT2D eigenvalue weighted by Crippen LogP contribution is 2.58. The molecule has 4 nitrogen and oxygen atoms in total. The van der Waals surface area contributed by atoms with Gasteiger partial charge in [-0.3, -0.25) is 0 Å². The highest BCUT2D eigenvalue weighted by atomic mass is 16.6.